The van der Waals surface area contributed by atoms with E-state index in [-0.39, 0.29) is 36.6 Å². The molecule has 0 saturated carbocycles. The van der Waals surface area contributed by atoms with Gasteiger partial charge in [0.05, 0.1) is 6.42 Å². The molecular weight excluding hydrogens is 210 g/mol. The van der Waals surface area contributed by atoms with E-state index in [0.29, 0.717) is 6.42 Å². The summed E-state index contributed by atoms with van der Waals surface area (Å²) in [6.07, 6.45) is 0.662. The van der Waals surface area contributed by atoms with Crippen molar-refractivity contribution in [2.75, 3.05) is 13.6 Å². The lowest BCUT2D eigenvalue weighted by Gasteiger charge is -2.15. The van der Waals surface area contributed by atoms with Crippen LogP contribution in [0.4, 0.5) is 0 Å². The summed E-state index contributed by atoms with van der Waals surface area (Å²) in [6.45, 7) is 2.10. The van der Waals surface area contributed by atoms with Gasteiger partial charge in [-0.1, -0.05) is 6.92 Å². The van der Waals surface area contributed by atoms with Crippen molar-refractivity contribution in [1.82, 2.24) is 10.2 Å². The van der Waals surface area contributed by atoms with Gasteiger partial charge in [-0.2, -0.15) is 0 Å². The highest BCUT2D eigenvalue weighted by molar-refractivity contribution is 6.06. The Morgan fingerprint density at radius 3 is 2.62 bits per heavy atom. The van der Waals surface area contributed by atoms with E-state index >= 15 is 0 Å². The molecule has 1 rings (SSSR count). The van der Waals surface area contributed by atoms with E-state index in [1.165, 1.54) is 7.05 Å². The van der Waals surface area contributed by atoms with Crippen molar-refractivity contribution >= 4 is 17.7 Å². The highest BCUT2D eigenvalue weighted by Gasteiger charge is 2.37. The van der Waals surface area contributed by atoms with E-state index in [2.05, 4.69) is 5.32 Å². The van der Waals surface area contributed by atoms with Gasteiger partial charge in [0.1, 0.15) is 6.04 Å². The Hall–Kier alpha value is -1.43. The number of imide groups is 1. The number of nitrogens with zero attached hydrogens (tertiary/aromatic N) is 1. The van der Waals surface area contributed by atoms with Crippen LogP contribution in [0.3, 0.4) is 0 Å². The molecule has 0 aromatic rings. The fraction of sp³-hybridized carbons (Fsp3) is 0.700. The first-order chi connectivity index (χ1) is 7.51. The third-order valence-corrected chi connectivity index (χ3v) is 2.85. The zero-order chi connectivity index (χ0) is 12.3. The Bertz CT molecular complexity index is 312. The minimum absolute atomic E-state index is 0.0437. The number of nitrogens with one attached hydrogen (secondary N) is 1. The van der Waals surface area contributed by atoms with Crippen molar-refractivity contribution < 1.29 is 14.4 Å². The maximum Gasteiger partial charge on any atom is 0.252 e. The lowest BCUT2D eigenvalue weighted by Crippen LogP contribution is -2.44. The molecule has 6 heteroatoms. The molecule has 16 heavy (non-hydrogen) atoms. The minimum atomic E-state index is -0.717. The summed E-state index contributed by atoms with van der Waals surface area (Å²) >= 11 is 0. The summed E-state index contributed by atoms with van der Waals surface area (Å²) in [4.78, 5) is 35.4. The van der Waals surface area contributed by atoms with Gasteiger partial charge in [-0.3, -0.25) is 19.3 Å². The van der Waals surface area contributed by atoms with Crippen molar-refractivity contribution in [1.29, 1.82) is 0 Å². The number of hydrogen-bond acceptors (Lipinski definition) is 4. The standard InChI is InChI=1S/C10H17N3O3/c1-3-6(5-11)9(15)12-7-4-8(14)13(2)10(7)16/h6-7H,3-5,11H2,1-2H3,(H,12,15). The van der Waals surface area contributed by atoms with E-state index in [1.807, 2.05) is 6.92 Å². The maximum atomic E-state index is 11.6. The molecule has 0 aromatic heterocycles. The first kappa shape index (κ1) is 12.6. The van der Waals surface area contributed by atoms with Crippen LogP contribution >= 0.6 is 0 Å². The molecule has 3 amide bonds. The monoisotopic (exact) mass is 227 g/mol. The summed E-state index contributed by atoms with van der Waals surface area (Å²) in [6, 6.07) is -0.717. The van der Waals surface area contributed by atoms with Crippen LogP contribution in [-0.4, -0.2) is 42.3 Å². The molecule has 0 aromatic carbocycles. The number of hydrogen-bond donors (Lipinski definition) is 2. The van der Waals surface area contributed by atoms with Gasteiger partial charge in [0, 0.05) is 19.5 Å². The van der Waals surface area contributed by atoms with Gasteiger partial charge in [0.15, 0.2) is 0 Å². The Morgan fingerprint density at radius 1 is 1.62 bits per heavy atom. The smallest absolute Gasteiger partial charge is 0.252 e. The van der Waals surface area contributed by atoms with E-state index in [1.54, 1.807) is 0 Å². The van der Waals surface area contributed by atoms with Crippen LogP contribution < -0.4 is 11.1 Å². The van der Waals surface area contributed by atoms with Gasteiger partial charge in [-0.25, -0.2) is 0 Å². The number of amides is 3. The summed E-state index contributed by atoms with van der Waals surface area (Å²) in [5.41, 5.74) is 5.42. The summed E-state index contributed by atoms with van der Waals surface area (Å²) in [5, 5.41) is 2.56. The number of rotatable bonds is 4. The van der Waals surface area contributed by atoms with Crippen molar-refractivity contribution in [3.8, 4) is 0 Å². The molecule has 0 spiro atoms. The van der Waals surface area contributed by atoms with Gasteiger partial charge in [-0.05, 0) is 6.42 Å². The van der Waals surface area contributed by atoms with Crippen LogP contribution in [0.15, 0.2) is 0 Å². The van der Waals surface area contributed by atoms with Crippen molar-refractivity contribution in [3.05, 3.63) is 0 Å². The Morgan fingerprint density at radius 2 is 2.25 bits per heavy atom. The number of nitrogens with two attached hydrogens (primary N) is 1. The van der Waals surface area contributed by atoms with Crippen LogP contribution in [-0.2, 0) is 14.4 Å². The van der Waals surface area contributed by atoms with Crippen molar-refractivity contribution in [3.63, 3.8) is 0 Å². The van der Waals surface area contributed by atoms with Gasteiger partial charge in [0.25, 0.3) is 5.91 Å². The SMILES string of the molecule is CCC(CN)C(=O)NC1CC(=O)N(C)C1=O. The molecule has 1 aliphatic heterocycles. The van der Waals surface area contributed by atoms with Crippen LogP contribution in [0.5, 0.6) is 0 Å². The predicted molar refractivity (Wildman–Crippen MR) is 57.2 cm³/mol. The van der Waals surface area contributed by atoms with E-state index in [4.69, 9.17) is 5.73 Å². The Balaban J connectivity index is 2.59. The molecule has 6 nitrogen and oxygen atoms in total. The third kappa shape index (κ3) is 2.38. The quantitative estimate of drug-likeness (QED) is 0.593. The predicted octanol–water partition coefficient (Wildman–Crippen LogP) is -1.16. The third-order valence-electron chi connectivity index (χ3n) is 2.85. The first-order valence-corrected chi connectivity index (χ1v) is 5.32. The number of likely N-dealkylation sites (N-methyl/N-ethyl adjacent to an activating group) is 1. The second-order valence-corrected chi connectivity index (χ2v) is 3.90. The largest absolute Gasteiger partial charge is 0.343 e. The average Bonchev–Trinajstić information content (AvgIpc) is 2.48. The first-order valence-electron chi connectivity index (χ1n) is 5.32. The molecule has 2 unspecified atom stereocenters. The molecule has 1 saturated heterocycles. The molecule has 0 radical (unpaired) electrons. The second-order valence-electron chi connectivity index (χ2n) is 3.90. The van der Waals surface area contributed by atoms with Crippen LogP contribution in [0.1, 0.15) is 19.8 Å². The number of likely N-dealkylation sites (tertiary alicyclic amines) is 1. The summed E-state index contributed by atoms with van der Waals surface area (Å²) in [7, 11) is 1.41. The van der Waals surface area contributed by atoms with Gasteiger partial charge in [0.2, 0.25) is 11.8 Å². The molecule has 2 atom stereocenters. The maximum absolute atomic E-state index is 11.6. The zero-order valence-electron chi connectivity index (χ0n) is 9.53. The lowest BCUT2D eigenvalue weighted by atomic mass is 10.1. The molecule has 0 aliphatic carbocycles. The fourth-order valence-electron chi connectivity index (χ4n) is 1.62. The van der Waals surface area contributed by atoms with Crippen LogP contribution in [0.25, 0.3) is 0 Å². The molecule has 1 aliphatic rings. The highest BCUT2D eigenvalue weighted by atomic mass is 16.2. The van der Waals surface area contributed by atoms with Crippen LogP contribution in [0, 0.1) is 5.92 Å². The Labute approximate surface area is 94.2 Å². The minimum Gasteiger partial charge on any atom is -0.343 e. The molecular formula is C10H17N3O3. The molecule has 1 fully saturated rings. The number of carbonyl (C=O) groups is 3. The van der Waals surface area contributed by atoms with Gasteiger partial charge >= 0.3 is 0 Å². The normalized spacial score (nSPS) is 22.4. The average molecular weight is 227 g/mol. The fourth-order valence-corrected chi connectivity index (χ4v) is 1.62. The molecule has 90 valence electrons. The molecule has 3 N–H and O–H groups in total. The van der Waals surface area contributed by atoms with Crippen molar-refractivity contribution in [2.45, 2.75) is 25.8 Å². The lowest BCUT2D eigenvalue weighted by molar-refractivity contribution is -0.138. The van der Waals surface area contributed by atoms with Gasteiger partial charge < -0.3 is 11.1 Å². The zero-order valence-corrected chi connectivity index (χ0v) is 9.53. The highest BCUT2D eigenvalue weighted by Crippen LogP contribution is 2.11. The van der Waals surface area contributed by atoms with E-state index < -0.39 is 6.04 Å². The number of carbonyl (C=O) groups excluding carboxylic acids is 3. The van der Waals surface area contributed by atoms with Crippen LogP contribution in [0.2, 0.25) is 0 Å². The molecule has 0 bridgehead atoms. The summed E-state index contributed by atoms with van der Waals surface area (Å²) < 4.78 is 0. The topological polar surface area (TPSA) is 92.5 Å². The van der Waals surface area contributed by atoms with E-state index in [9.17, 15) is 14.4 Å². The molecule has 1 heterocycles. The van der Waals surface area contributed by atoms with Gasteiger partial charge in [-0.15, -0.1) is 0 Å². The Kier molecular flexibility index (Phi) is 4.00. The van der Waals surface area contributed by atoms with E-state index in [0.717, 1.165) is 4.90 Å². The second kappa shape index (κ2) is 5.07. The van der Waals surface area contributed by atoms with Crippen molar-refractivity contribution in [2.24, 2.45) is 11.7 Å². The summed E-state index contributed by atoms with van der Waals surface area (Å²) in [5.74, 6) is -1.18.